The number of fused-ring (bicyclic) bond motifs is 5. The highest BCUT2D eigenvalue weighted by Crippen LogP contribution is 2.33. The van der Waals surface area contributed by atoms with Crippen molar-refractivity contribution in [2.75, 3.05) is 18.5 Å². The lowest BCUT2D eigenvalue weighted by Crippen LogP contribution is -2.23. The zero-order chi connectivity index (χ0) is 20.6. The Hall–Kier alpha value is -2.10. The van der Waals surface area contributed by atoms with Gasteiger partial charge in [-0.25, -0.2) is 0 Å². The second-order valence-corrected chi connectivity index (χ2v) is 8.60. The molecule has 0 N–H and O–H groups in total. The largest absolute Gasteiger partial charge is 0.497 e. The summed E-state index contributed by atoms with van der Waals surface area (Å²) in [5.41, 5.74) is 3.02. The number of allylic oxidation sites excluding steroid dienone is 2. The first-order valence-electron chi connectivity index (χ1n) is 10.9. The SMILES string of the molecule is BrCCCCOC1CCc2c(ccc3c2ccc2ccccc23)C1.C1=CCOC=C1. The van der Waals surface area contributed by atoms with Crippen molar-refractivity contribution in [3.05, 3.63) is 84.1 Å². The van der Waals surface area contributed by atoms with Crippen LogP contribution in [0.15, 0.2) is 73.0 Å². The summed E-state index contributed by atoms with van der Waals surface area (Å²) in [6.45, 7) is 1.63. The molecule has 0 saturated heterocycles. The Bertz CT molecular complexity index is 1030. The molecule has 30 heavy (non-hydrogen) atoms. The van der Waals surface area contributed by atoms with Crippen molar-refractivity contribution in [3.63, 3.8) is 0 Å². The quantitative estimate of drug-likeness (QED) is 0.227. The molecule has 3 aromatic carbocycles. The molecule has 0 bridgehead atoms. The topological polar surface area (TPSA) is 18.5 Å². The average molecular weight is 465 g/mol. The molecule has 0 saturated carbocycles. The van der Waals surface area contributed by atoms with Crippen molar-refractivity contribution >= 4 is 37.5 Å². The zero-order valence-corrected chi connectivity index (χ0v) is 18.9. The normalized spacial score (nSPS) is 17.3. The summed E-state index contributed by atoms with van der Waals surface area (Å²) in [4.78, 5) is 0. The van der Waals surface area contributed by atoms with Gasteiger partial charge in [-0.2, -0.15) is 0 Å². The highest BCUT2D eigenvalue weighted by Gasteiger charge is 2.21. The van der Waals surface area contributed by atoms with Crippen molar-refractivity contribution in [3.8, 4) is 0 Å². The molecule has 1 aliphatic carbocycles. The molecule has 2 nitrogen and oxygen atoms in total. The third-order valence-corrected chi connectivity index (χ3v) is 6.36. The molecule has 0 fully saturated rings. The summed E-state index contributed by atoms with van der Waals surface area (Å²) >= 11 is 3.48. The Labute approximate surface area is 187 Å². The Morgan fingerprint density at radius 1 is 0.933 bits per heavy atom. The molecule has 156 valence electrons. The number of benzene rings is 3. The molecule has 0 spiro atoms. The van der Waals surface area contributed by atoms with Gasteiger partial charge >= 0.3 is 0 Å². The molecule has 0 amide bonds. The van der Waals surface area contributed by atoms with Crippen LogP contribution in [-0.4, -0.2) is 24.6 Å². The maximum absolute atomic E-state index is 6.10. The fraction of sp³-hybridized carbons (Fsp3) is 0.333. The minimum Gasteiger partial charge on any atom is -0.497 e. The summed E-state index contributed by atoms with van der Waals surface area (Å²) in [6, 6.07) is 17.9. The van der Waals surface area contributed by atoms with Crippen LogP contribution in [0.5, 0.6) is 0 Å². The Morgan fingerprint density at radius 2 is 1.83 bits per heavy atom. The third kappa shape index (κ3) is 5.14. The number of halogens is 1. The van der Waals surface area contributed by atoms with Crippen LogP contribution in [0.1, 0.15) is 30.4 Å². The predicted molar refractivity (Wildman–Crippen MR) is 130 cm³/mol. The molecule has 0 aromatic heterocycles. The number of hydrogen-bond acceptors (Lipinski definition) is 2. The number of unbranched alkanes of at least 4 members (excludes halogenated alkanes) is 1. The number of rotatable bonds is 5. The van der Waals surface area contributed by atoms with Crippen molar-refractivity contribution in [1.82, 2.24) is 0 Å². The molecular weight excluding hydrogens is 436 g/mol. The van der Waals surface area contributed by atoms with Crippen LogP contribution < -0.4 is 0 Å². The van der Waals surface area contributed by atoms with Crippen molar-refractivity contribution in [2.24, 2.45) is 0 Å². The fourth-order valence-electron chi connectivity index (χ4n) is 4.27. The van der Waals surface area contributed by atoms with Crippen LogP contribution in [0.4, 0.5) is 0 Å². The summed E-state index contributed by atoms with van der Waals surface area (Å²) in [7, 11) is 0. The lowest BCUT2D eigenvalue weighted by Gasteiger charge is -2.26. The van der Waals surface area contributed by atoms with Crippen molar-refractivity contribution in [2.45, 2.75) is 38.2 Å². The lowest BCUT2D eigenvalue weighted by molar-refractivity contribution is 0.0427. The third-order valence-electron chi connectivity index (χ3n) is 5.79. The van der Waals surface area contributed by atoms with E-state index in [4.69, 9.17) is 9.47 Å². The maximum Gasteiger partial charge on any atom is 0.106 e. The Kier molecular flexibility index (Phi) is 7.60. The van der Waals surface area contributed by atoms with Gasteiger partial charge in [0.2, 0.25) is 0 Å². The van der Waals surface area contributed by atoms with E-state index >= 15 is 0 Å². The van der Waals surface area contributed by atoms with Gasteiger partial charge in [-0.1, -0.05) is 70.5 Å². The van der Waals surface area contributed by atoms with Crippen LogP contribution in [0, 0.1) is 0 Å². The van der Waals surface area contributed by atoms with E-state index in [2.05, 4.69) is 64.5 Å². The molecule has 1 unspecified atom stereocenters. The van der Waals surface area contributed by atoms with Gasteiger partial charge in [-0.3, -0.25) is 0 Å². The first-order valence-corrected chi connectivity index (χ1v) is 12.0. The van der Waals surface area contributed by atoms with Crippen molar-refractivity contribution < 1.29 is 9.47 Å². The first-order chi connectivity index (χ1) is 14.9. The predicted octanol–water partition coefficient (Wildman–Crippen LogP) is 7.13. The Morgan fingerprint density at radius 3 is 2.60 bits per heavy atom. The molecule has 3 heteroatoms. The highest BCUT2D eigenvalue weighted by atomic mass is 79.9. The standard InChI is InChI=1S/C22H23BrO.C5H6O/c23-13-3-4-14-24-18-9-12-20-17(15-18)8-11-21-19-6-2-1-5-16(19)7-10-22(20)21;1-2-4-6-5-3-1/h1-2,5-8,10-11,18H,3-4,9,12-15H2;1-4H,5H2. The van der Waals surface area contributed by atoms with Gasteiger partial charge in [0.15, 0.2) is 0 Å². The summed E-state index contributed by atoms with van der Waals surface area (Å²) in [6.07, 6.45) is 13.5. The second kappa shape index (κ2) is 10.8. The minimum absolute atomic E-state index is 0.394. The Balaban J connectivity index is 0.000000313. The summed E-state index contributed by atoms with van der Waals surface area (Å²) in [5.74, 6) is 0. The maximum atomic E-state index is 6.10. The molecule has 1 heterocycles. The van der Waals surface area contributed by atoms with Gasteiger partial charge in [0.25, 0.3) is 0 Å². The van der Waals surface area contributed by atoms with Gasteiger partial charge in [-0.05, 0) is 76.9 Å². The second-order valence-electron chi connectivity index (χ2n) is 7.81. The zero-order valence-electron chi connectivity index (χ0n) is 17.4. The van der Waals surface area contributed by atoms with Crippen LogP contribution in [0.25, 0.3) is 21.5 Å². The minimum atomic E-state index is 0.394. The number of alkyl halides is 1. The number of hydrogen-bond donors (Lipinski definition) is 0. The van der Waals surface area contributed by atoms with E-state index in [9.17, 15) is 0 Å². The van der Waals surface area contributed by atoms with Gasteiger partial charge in [0, 0.05) is 11.9 Å². The monoisotopic (exact) mass is 464 g/mol. The van der Waals surface area contributed by atoms with Crippen molar-refractivity contribution in [1.29, 1.82) is 0 Å². The number of aryl methyl sites for hydroxylation is 1. The first kappa shape index (κ1) is 21.1. The van der Waals surface area contributed by atoms with Gasteiger partial charge in [-0.15, -0.1) is 0 Å². The molecular formula is C27H29BrO2. The summed E-state index contributed by atoms with van der Waals surface area (Å²) < 4.78 is 10.9. The fourth-order valence-corrected chi connectivity index (χ4v) is 4.67. The van der Waals surface area contributed by atoms with E-state index in [1.807, 2.05) is 18.2 Å². The molecule has 0 radical (unpaired) electrons. The number of ether oxygens (including phenoxy) is 2. The van der Waals surface area contributed by atoms with Gasteiger partial charge in [0.1, 0.15) is 6.61 Å². The summed E-state index contributed by atoms with van der Waals surface area (Å²) in [5, 5.41) is 6.59. The van der Waals surface area contributed by atoms with Crippen LogP contribution in [0.3, 0.4) is 0 Å². The molecule has 3 aromatic rings. The van der Waals surface area contributed by atoms with Crippen LogP contribution in [0.2, 0.25) is 0 Å². The molecule has 5 rings (SSSR count). The highest BCUT2D eigenvalue weighted by molar-refractivity contribution is 9.09. The lowest BCUT2D eigenvalue weighted by atomic mass is 9.85. The smallest absolute Gasteiger partial charge is 0.106 e. The van der Waals surface area contributed by atoms with E-state index in [1.54, 1.807) is 11.8 Å². The van der Waals surface area contributed by atoms with Crippen LogP contribution in [-0.2, 0) is 22.3 Å². The van der Waals surface area contributed by atoms with E-state index in [1.165, 1.54) is 33.5 Å². The van der Waals surface area contributed by atoms with E-state index < -0.39 is 0 Å². The van der Waals surface area contributed by atoms with Gasteiger partial charge < -0.3 is 9.47 Å². The van der Waals surface area contributed by atoms with E-state index in [-0.39, 0.29) is 0 Å². The van der Waals surface area contributed by atoms with E-state index in [0.717, 1.165) is 44.2 Å². The molecule has 2 aliphatic rings. The average Bonchev–Trinajstić information content (AvgIpc) is 2.83. The van der Waals surface area contributed by atoms with E-state index in [0.29, 0.717) is 6.10 Å². The van der Waals surface area contributed by atoms with Crippen LogP contribution >= 0.6 is 15.9 Å². The molecule has 1 aliphatic heterocycles. The molecule has 1 atom stereocenters. The van der Waals surface area contributed by atoms with Gasteiger partial charge in [0.05, 0.1) is 12.4 Å².